The highest BCUT2D eigenvalue weighted by molar-refractivity contribution is 14.1. The van der Waals surface area contributed by atoms with Crippen molar-refractivity contribution in [3.05, 3.63) is 31.9 Å². The third kappa shape index (κ3) is 6.76. The van der Waals surface area contributed by atoms with E-state index in [0.29, 0.717) is 0 Å². The Balaban J connectivity index is 3.26. The fourth-order valence-electron chi connectivity index (χ4n) is 3.38. The average Bonchev–Trinajstić information content (AvgIpc) is 2.56. The Morgan fingerprint density at radius 1 is 0.609 bits per heavy atom. The van der Waals surface area contributed by atoms with Gasteiger partial charge in [-0.1, -0.05) is 53.4 Å². The van der Waals surface area contributed by atoms with Gasteiger partial charge in [0.1, 0.15) is 0 Å². The van der Waals surface area contributed by atoms with Gasteiger partial charge in [-0.25, -0.2) is 0 Å². The van der Waals surface area contributed by atoms with Gasteiger partial charge in [0, 0.05) is 3.57 Å². The number of rotatable bonds is 12. The monoisotopic (exact) mass is 428 g/mol. The largest absolute Gasteiger partial charge is 0.0654 e. The maximum Gasteiger partial charge on any atom is 0.0168 e. The van der Waals surface area contributed by atoms with Crippen molar-refractivity contribution < 1.29 is 0 Å². The van der Waals surface area contributed by atoms with Crippen LogP contribution in [-0.2, 0) is 25.7 Å². The van der Waals surface area contributed by atoms with Crippen LogP contribution in [-0.4, -0.2) is 0 Å². The van der Waals surface area contributed by atoms with Crippen LogP contribution in [0.3, 0.4) is 0 Å². The first kappa shape index (κ1) is 21.0. The Morgan fingerprint density at radius 2 is 1.04 bits per heavy atom. The minimum atomic E-state index is 1.28. The van der Waals surface area contributed by atoms with Gasteiger partial charge in [-0.05, 0) is 102 Å². The fourth-order valence-corrected chi connectivity index (χ4v) is 4.35. The second-order valence-electron chi connectivity index (χ2n) is 6.87. The van der Waals surface area contributed by atoms with Gasteiger partial charge in [-0.3, -0.25) is 0 Å². The first-order valence-electron chi connectivity index (χ1n) is 10.0. The summed E-state index contributed by atoms with van der Waals surface area (Å²) in [7, 11) is 0. The molecule has 0 N–H and O–H groups in total. The standard InChI is InChI=1S/C22H37I/c1-5-9-13-18-17-22(23)21(16-12-8-4)20(15-11-7-3)19(18)14-10-6-2/h17H,5-16H2,1-4H3. The molecule has 0 unspecified atom stereocenters. The first-order chi connectivity index (χ1) is 11.2. The molecule has 0 aliphatic rings. The molecule has 1 aromatic rings. The van der Waals surface area contributed by atoms with Crippen molar-refractivity contribution in [3.8, 4) is 0 Å². The third-order valence-electron chi connectivity index (χ3n) is 4.85. The molecule has 0 fully saturated rings. The molecule has 1 rings (SSSR count). The van der Waals surface area contributed by atoms with E-state index in [9.17, 15) is 0 Å². The van der Waals surface area contributed by atoms with Gasteiger partial charge < -0.3 is 0 Å². The van der Waals surface area contributed by atoms with E-state index in [1.807, 2.05) is 0 Å². The Hall–Kier alpha value is -0.0500. The minimum absolute atomic E-state index is 1.28. The minimum Gasteiger partial charge on any atom is -0.0654 e. The second kappa shape index (κ2) is 12.3. The number of aryl methyl sites for hydroxylation is 1. The Morgan fingerprint density at radius 3 is 1.57 bits per heavy atom. The topological polar surface area (TPSA) is 0 Å². The van der Waals surface area contributed by atoms with Crippen molar-refractivity contribution in [1.82, 2.24) is 0 Å². The molecule has 0 saturated carbocycles. The summed E-state index contributed by atoms with van der Waals surface area (Å²) in [5, 5.41) is 0. The highest BCUT2D eigenvalue weighted by Gasteiger charge is 2.16. The zero-order valence-corrected chi connectivity index (χ0v) is 18.1. The summed E-state index contributed by atoms with van der Waals surface area (Å²) in [5.74, 6) is 0. The van der Waals surface area contributed by atoms with Gasteiger partial charge >= 0.3 is 0 Å². The lowest BCUT2D eigenvalue weighted by Crippen LogP contribution is -2.08. The van der Waals surface area contributed by atoms with Crippen LogP contribution < -0.4 is 0 Å². The van der Waals surface area contributed by atoms with Crippen molar-refractivity contribution in [3.63, 3.8) is 0 Å². The van der Waals surface area contributed by atoms with Crippen LogP contribution in [0.4, 0.5) is 0 Å². The molecule has 0 saturated heterocycles. The number of hydrogen-bond acceptors (Lipinski definition) is 0. The Kier molecular flexibility index (Phi) is 11.3. The van der Waals surface area contributed by atoms with Crippen molar-refractivity contribution in [2.45, 2.75) is 105 Å². The SMILES string of the molecule is CCCCc1cc(I)c(CCCC)c(CCCC)c1CCCC. The smallest absolute Gasteiger partial charge is 0.0168 e. The molecule has 0 atom stereocenters. The van der Waals surface area contributed by atoms with Crippen LogP contribution in [0.15, 0.2) is 6.07 Å². The zero-order chi connectivity index (χ0) is 17.1. The quantitative estimate of drug-likeness (QED) is 0.300. The molecule has 23 heavy (non-hydrogen) atoms. The summed E-state index contributed by atoms with van der Waals surface area (Å²) in [4.78, 5) is 0. The van der Waals surface area contributed by atoms with Gasteiger partial charge in [-0.15, -0.1) is 0 Å². The van der Waals surface area contributed by atoms with Gasteiger partial charge in [0.05, 0.1) is 0 Å². The van der Waals surface area contributed by atoms with E-state index < -0.39 is 0 Å². The lowest BCUT2D eigenvalue weighted by atomic mass is 9.86. The molecule has 1 heteroatoms. The van der Waals surface area contributed by atoms with Crippen LogP contribution in [0.25, 0.3) is 0 Å². The van der Waals surface area contributed by atoms with E-state index >= 15 is 0 Å². The molecular formula is C22H37I. The van der Waals surface area contributed by atoms with E-state index in [2.05, 4.69) is 56.4 Å². The summed E-state index contributed by atoms with van der Waals surface area (Å²) in [6.07, 6.45) is 15.7. The molecule has 0 amide bonds. The molecule has 0 bridgehead atoms. The fraction of sp³-hybridized carbons (Fsp3) is 0.727. The summed E-state index contributed by atoms with van der Waals surface area (Å²) >= 11 is 2.61. The number of benzene rings is 1. The lowest BCUT2D eigenvalue weighted by Gasteiger charge is -2.21. The zero-order valence-electron chi connectivity index (χ0n) is 15.9. The van der Waals surface area contributed by atoms with Gasteiger partial charge in [0.2, 0.25) is 0 Å². The number of hydrogen-bond donors (Lipinski definition) is 0. The van der Waals surface area contributed by atoms with Crippen LogP contribution in [0.2, 0.25) is 0 Å². The molecule has 0 aliphatic heterocycles. The van der Waals surface area contributed by atoms with Crippen molar-refractivity contribution in [2.24, 2.45) is 0 Å². The van der Waals surface area contributed by atoms with E-state index in [1.165, 1.54) is 80.6 Å². The summed E-state index contributed by atoms with van der Waals surface area (Å²) in [6, 6.07) is 2.53. The molecule has 132 valence electrons. The van der Waals surface area contributed by atoms with Gasteiger partial charge in [0.25, 0.3) is 0 Å². The Bertz CT molecular complexity index is 448. The van der Waals surface area contributed by atoms with Gasteiger partial charge in [-0.2, -0.15) is 0 Å². The van der Waals surface area contributed by atoms with Crippen molar-refractivity contribution in [2.75, 3.05) is 0 Å². The molecule has 0 aromatic heterocycles. The molecule has 0 radical (unpaired) electrons. The Labute approximate surface area is 159 Å². The maximum absolute atomic E-state index is 2.61. The molecule has 0 aliphatic carbocycles. The predicted molar refractivity (Wildman–Crippen MR) is 114 cm³/mol. The summed E-state index contributed by atoms with van der Waals surface area (Å²) < 4.78 is 1.54. The summed E-state index contributed by atoms with van der Waals surface area (Å²) in [6.45, 7) is 9.27. The van der Waals surface area contributed by atoms with Crippen LogP contribution >= 0.6 is 22.6 Å². The predicted octanol–water partition coefficient (Wildman–Crippen LogP) is 7.66. The molecular weight excluding hydrogens is 391 g/mol. The third-order valence-corrected chi connectivity index (χ3v) is 5.81. The van der Waals surface area contributed by atoms with Crippen LogP contribution in [0.1, 0.15) is 101 Å². The van der Waals surface area contributed by atoms with Crippen LogP contribution in [0, 0.1) is 3.57 Å². The summed E-state index contributed by atoms with van der Waals surface area (Å²) in [5.41, 5.74) is 6.83. The first-order valence-corrected chi connectivity index (χ1v) is 11.1. The highest BCUT2D eigenvalue weighted by atomic mass is 127. The highest BCUT2D eigenvalue weighted by Crippen LogP contribution is 2.30. The molecule has 1 aromatic carbocycles. The molecule has 0 spiro atoms. The van der Waals surface area contributed by atoms with E-state index in [0.717, 1.165) is 0 Å². The van der Waals surface area contributed by atoms with E-state index in [1.54, 1.807) is 22.3 Å². The maximum atomic E-state index is 2.61. The lowest BCUT2D eigenvalue weighted by molar-refractivity contribution is 0.716. The van der Waals surface area contributed by atoms with Gasteiger partial charge in [0.15, 0.2) is 0 Å². The van der Waals surface area contributed by atoms with Crippen LogP contribution in [0.5, 0.6) is 0 Å². The molecule has 0 nitrogen and oxygen atoms in total. The van der Waals surface area contributed by atoms with Crippen molar-refractivity contribution >= 4 is 22.6 Å². The normalized spacial score (nSPS) is 11.2. The van der Waals surface area contributed by atoms with E-state index in [4.69, 9.17) is 0 Å². The number of unbranched alkanes of at least 4 members (excludes halogenated alkanes) is 4. The average molecular weight is 428 g/mol. The van der Waals surface area contributed by atoms with Crippen molar-refractivity contribution in [1.29, 1.82) is 0 Å². The number of halogens is 1. The molecule has 0 heterocycles. The second-order valence-corrected chi connectivity index (χ2v) is 8.03. The van der Waals surface area contributed by atoms with E-state index in [-0.39, 0.29) is 0 Å².